The van der Waals surface area contributed by atoms with E-state index in [1.54, 1.807) is 36.4 Å². The summed E-state index contributed by atoms with van der Waals surface area (Å²) < 4.78 is 39.7. The molecule has 39 heavy (non-hydrogen) atoms. The number of carbonyl (C=O) groups is 2. The van der Waals surface area contributed by atoms with Gasteiger partial charge in [-0.25, -0.2) is 4.79 Å². The van der Waals surface area contributed by atoms with Crippen LogP contribution in [0.25, 0.3) is 0 Å². The van der Waals surface area contributed by atoms with Crippen molar-refractivity contribution in [2.75, 3.05) is 34.7 Å². The standard InChI is InChI=1S/C29H25ClO9/c1-33-21-11-17(24(30)27(35-3)26(21)34-2)22-15-9-19-20(38-13-37-19)10-16(15)25(18-12-36-29(32)23(18)22)39-28(31)14-7-5-4-6-8-14/h4-11,18,22-23,25H,12-13H2,1-3H3/t18-,22-,23-,25-/m0/s1. The summed E-state index contributed by atoms with van der Waals surface area (Å²) in [5.74, 6) is -0.699. The van der Waals surface area contributed by atoms with Crippen LogP contribution >= 0.6 is 11.6 Å². The first-order valence-electron chi connectivity index (χ1n) is 12.3. The zero-order valence-corrected chi connectivity index (χ0v) is 22.2. The maximum atomic E-state index is 13.3. The number of esters is 2. The van der Waals surface area contributed by atoms with Crippen molar-refractivity contribution in [1.82, 2.24) is 0 Å². The second-order valence-electron chi connectivity index (χ2n) is 9.37. The average Bonchev–Trinajstić information content (AvgIpc) is 3.58. The van der Waals surface area contributed by atoms with Crippen LogP contribution in [0, 0.1) is 11.8 Å². The number of ether oxygens (including phenoxy) is 7. The molecule has 1 saturated heterocycles. The Kier molecular flexibility index (Phi) is 6.38. The van der Waals surface area contributed by atoms with E-state index in [1.165, 1.54) is 21.3 Å². The summed E-state index contributed by atoms with van der Waals surface area (Å²) in [5.41, 5.74) is 2.35. The van der Waals surface area contributed by atoms with Crippen molar-refractivity contribution in [3.05, 3.63) is 75.8 Å². The molecule has 3 aliphatic rings. The van der Waals surface area contributed by atoms with Gasteiger partial charge in [0.25, 0.3) is 0 Å². The number of methoxy groups -OCH3 is 3. The molecule has 0 bridgehead atoms. The first-order valence-corrected chi connectivity index (χ1v) is 12.7. The highest BCUT2D eigenvalue weighted by Gasteiger charge is 2.54. The van der Waals surface area contributed by atoms with Crippen molar-refractivity contribution in [2.45, 2.75) is 12.0 Å². The Balaban J connectivity index is 1.55. The molecule has 202 valence electrons. The monoisotopic (exact) mass is 552 g/mol. The average molecular weight is 553 g/mol. The number of carbonyl (C=O) groups excluding carboxylic acids is 2. The highest BCUT2D eigenvalue weighted by Crippen LogP contribution is 2.58. The van der Waals surface area contributed by atoms with E-state index in [0.29, 0.717) is 45.3 Å². The van der Waals surface area contributed by atoms with Crippen LogP contribution in [0.5, 0.6) is 28.7 Å². The molecule has 3 aromatic carbocycles. The van der Waals surface area contributed by atoms with Crippen LogP contribution < -0.4 is 23.7 Å². The van der Waals surface area contributed by atoms with Gasteiger partial charge in [-0.1, -0.05) is 29.8 Å². The van der Waals surface area contributed by atoms with Crippen molar-refractivity contribution in [1.29, 1.82) is 0 Å². The molecule has 2 heterocycles. The van der Waals surface area contributed by atoms with Crippen LogP contribution in [0.4, 0.5) is 0 Å². The molecule has 10 heteroatoms. The van der Waals surface area contributed by atoms with Crippen LogP contribution in [0.15, 0.2) is 48.5 Å². The van der Waals surface area contributed by atoms with E-state index in [4.69, 9.17) is 44.8 Å². The van der Waals surface area contributed by atoms with E-state index in [-0.39, 0.29) is 24.2 Å². The summed E-state index contributed by atoms with van der Waals surface area (Å²) in [6.45, 7) is 0.125. The van der Waals surface area contributed by atoms with E-state index in [0.717, 1.165) is 0 Å². The van der Waals surface area contributed by atoms with Gasteiger partial charge in [-0.3, -0.25) is 4.79 Å². The quantitative estimate of drug-likeness (QED) is 0.394. The molecule has 0 aromatic heterocycles. The van der Waals surface area contributed by atoms with Crippen molar-refractivity contribution in [2.24, 2.45) is 11.8 Å². The van der Waals surface area contributed by atoms with Gasteiger partial charge in [0, 0.05) is 17.4 Å². The summed E-state index contributed by atoms with van der Waals surface area (Å²) in [5, 5.41) is 0.266. The van der Waals surface area contributed by atoms with Gasteiger partial charge in [0.2, 0.25) is 12.5 Å². The first-order chi connectivity index (χ1) is 19.0. The summed E-state index contributed by atoms with van der Waals surface area (Å²) in [4.78, 5) is 26.5. The van der Waals surface area contributed by atoms with Crippen LogP contribution in [0.2, 0.25) is 5.02 Å². The van der Waals surface area contributed by atoms with E-state index in [1.807, 2.05) is 12.1 Å². The Bertz CT molecular complexity index is 1460. The third-order valence-corrected chi connectivity index (χ3v) is 7.89. The molecule has 1 fully saturated rings. The lowest BCUT2D eigenvalue weighted by Crippen LogP contribution is -2.36. The minimum atomic E-state index is -0.782. The number of hydrogen-bond acceptors (Lipinski definition) is 9. The van der Waals surface area contributed by atoms with Crippen LogP contribution in [-0.2, 0) is 14.3 Å². The predicted octanol–water partition coefficient (Wildman–Crippen LogP) is 4.93. The summed E-state index contributed by atoms with van der Waals surface area (Å²) in [7, 11) is 4.47. The topological polar surface area (TPSA) is 98.8 Å². The minimum Gasteiger partial charge on any atom is -0.493 e. The predicted molar refractivity (Wildman–Crippen MR) is 138 cm³/mol. The van der Waals surface area contributed by atoms with Gasteiger partial charge in [0.1, 0.15) is 6.10 Å². The van der Waals surface area contributed by atoms with Gasteiger partial charge in [0.05, 0.1) is 44.4 Å². The maximum absolute atomic E-state index is 13.3. The molecule has 0 unspecified atom stereocenters. The molecule has 1 aliphatic carbocycles. The third-order valence-electron chi connectivity index (χ3n) is 7.50. The van der Waals surface area contributed by atoms with Crippen LogP contribution in [0.3, 0.4) is 0 Å². The van der Waals surface area contributed by atoms with Crippen LogP contribution in [-0.4, -0.2) is 46.7 Å². The Morgan fingerprint density at radius 2 is 1.56 bits per heavy atom. The second-order valence-corrected chi connectivity index (χ2v) is 9.75. The lowest BCUT2D eigenvalue weighted by molar-refractivity contribution is -0.141. The SMILES string of the molecule is COc1cc([C@@H]2c3cc4c(cc3[C@H](OC(=O)c3ccccc3)[C@H]3COC(=O)[C@H]23)OCO4)c(Cl)c(OC)c1OC. The van der Waals surface area contributed by atoms with Gasteiger partial charge in [-0.15, -0.1) is 0 Å². The Labute approximate surface area is 229 Å². The van der Waals surface area contributed by atoms with Crippen molar-refractivity contribution in [3.8, 4) is 28.7 Å². The first kappa shape index (κ1) is 25.2. The van der Waals surface area contributed by atoms with Crippen molar-refractivity contribution < 1.29 is 42.7 Å². The van der Waals surface area contributed by atoms with Gasteiger partial charge in [0.15, 0.2) is 23.0 Å². The molecule has 4 atom stereocenters. The maximum Gasteiger partial charge on any atom is 0.338 e. The van der Waals surface area contributed by atoms with Gasteiger partial charge >= 0.3 is 11.9 Å². The highest BCUT2D eigenvalue weighted by atomic mass is 35.5. The molecular weight excluding hydrogens is 528 g/mol. The molecule has 0 N–H and O–H groups in total. The largest absolute Gasteiger partial charge is 0.493 e. The lowest BCUT2D eigenvalue weighted by Gasteiger charge is -2.39. The fourth-order valence-electron chi connectivity index (χ4n) is 5.76. The molecular formula is C29H25ClO9. The Morgan fingerprint density at radius 3 is 2.23 bits per heavy atom. The number of fused-ring (bicyclic) bond motifs is 3. The number of halogens is 1. The Hall–Kier alpha value is -4.11. The summed E-state index contributed by atoms with van der Waals surface area (Å²) in [6.07, 6.45) is -0.782. The minimum absolute atomic E-state index is 0.0528. The van der Waals surface area contributed by atoms with Crippen molar-refractivity contribution >= 4 is 23.5 Å². The van der Waals surface area contributed by atoms with Gasteiger partial charge < -0.3 is 33.2 Å². The normalized spacial score (nSPS) is 22.4. The molecule has 3 aromatic rings. The molecule has 0 saturated carbocycles. The number of hydrogen-bond donors (Lipinski definition) is 0. The van der Waals surface area contributed by atoms with Crippen molar-refractivity contribution in [3.63, 3.8) is 0 Å². The second kappa shape index (κ2) is 9.89. The van der Waals surface area contributed by atoms with E-state index < -0.39 is 35.8 Å². The molecule has 6 rings (SSSR count). The fourth-order valence-corrected chi connectivity index (χ4v) is 6.10. The smallest absolute Gasteiger partial charge is 0.338 e. The molecule has 2 aliphatic heterocycles. The van der Waals surface area contributed by atoms with E-state index >= 15 is 0 Å². The van der Waals surface area contributed by atoms with Gasteiger partial charge in [-0.2, -0.15) is 0 Å². The third kappa shape index (κ3) is 3.99. The molecule has 9 nitrogen and oxygen atoms in total. The number of rotatable bonds is 6. The zero-order valence-electron chi connectivity index (χ0n) is 21.4. The molecule has 0 amide bonds. The van der Waals surface area contributed by atoms with E-state index in [9.17, 15) is 9.59 Å². The van der Waals surface area contributed by atoms with Crippen LogP contribution in [0.1, 0.15) is 39.1 Å². The van der Waals surface area contributed by atoms with Gasteiger partial charge in [-0.05, 0) is 41.5 Å². The molecule has 0 radical (unpaired) electrons. The summed E-state index contributed by atoms with van der Waals surface area (Å²) >= 11 is 6.92. The zero-order chi connectivity index (χ0) is 27.3. The molecule has 0 spiro atoms. The highest BCUT2D eigenvalue weighted by molar-refractivity contribution is 6.33. The number of benzene rings is 3. The summed E-state index contributed by atoms with van der Waals surface area (Å²) in [6, 6.07) is 14.1. The Morgan fingerprint density at radius 1 is 0.872 bits per heavy atom. The lowest BCUT2D eigenvalue weighted by atomic mass is 9.66. The van der Waals surface area contributed by atoms with E-state index in [2.05, 4.69) is 0 Å². The number of cyclic esters (lactones) is 1. The fraction of sp³-hybridized carbons (Fsp3) is 0.310.